The lowest BCUT2D eigenvalue weighted by molar-refractivity contribution is -0.385. The van der Waals surface area contributed by atoms with Gasteiger partial charge in [0, 0.05) is 17.0 Å². The predicted molar refractivity (Wildman–Crippen MR) is 122 cm³/mol. The van der Waals surface area contributed by atoms with Gasteiger partial charge in [-0.05, 0) is 25.1 Å². The molecule has 0 saturated heterocycles. The van der Waals surface area contributed by atoms with Crippen LogP contribution in [0.5, 0.6) is 23.0 Å². The molecule has 11 heteroatoms. The SMILES string of the molecule is COc1ccc(OC)c(C(C)NC(=O)c2cc(OC)c(OCc3cscn3)cc2[N+](=O)[O-])c1. The fourth-order valence-corrected chi connectivity index (χ4v) is 3.69. The Kier molecular flexibility index (Phi) is 7.67. The van der Waals surface area contributed by atoms with E-state index in [9.17, 15) is 14.9 Å². The molecule has 0 aliphatic heterocycles. The molecule has 1 amide bonds. The molecule has 1 unspecified atom stereocenters. The number of aromatic nitrogens is 1. The summed E-state index contributed by atoms with van der Waals surface area (Å²) < 4.78 is 21.6. The third-order valence-corrected chi connectivity index (χ3v) is 5.47. The van der Waals surface area contributed by atoms with Crippen LogP contribution in [0, 0.1) is 10.1 Å². The first-order valence-electron chi connectivity index (χ1n) is 9.77. The number of nitro groups is 1. The van der Waals surface area contributed by atoms with Crippen LogP contribution < -0.4 is 24.3 Å². The quantitative estimate of drug-likeness (QED) is 0.344. The van der Waals surface area contributed by atoms with Crippen LogP contribution in [-0.2, 0) is 6.61 Å². The minimum absolute atomic E-state index is 0.106. The fraction of sp³-hybridized carbons (Fsp3) is 0.273. The summed E-state index contributed by atoms with van der Waals surface area (Å²) >= 11 is 1.41. The summed E-state index contributed by atoms with van der Waals surface area (Å²) in [6.07, 6.45) is 0. The summed E-state index contributed by atoms with van der Waals surface area (Å²) in [6.45, 7) is 1.85. The van der Waals surface area contributed by atoms with Gasteiger partial charge in [-0.15, -0.1) is 11.3 Å². The van der Waals surface area contributed by atoms with E-state index >= 15 is 0 Å². The zero-order valence-electron chi connectivity index (χ0n) is 18.5. The van der Waals surface area contributed by atoms with Crippen LogP contribution in [0.15, 0.2) is 41.2 Å². The van der Waals surface area contributed by atoms with E-state index in [1.807, 2.05) is 0 Å². The number of hydrogen-bond donors (Lipinski definition) is 1. The van der Waals surface area contributed by atoms with Gasteiger partial charge in [0.15, 0.2) is 11.5 Å². The first-order valence-corrected chi connectivity index (χ1v) is 10.7. The summed E-state index contributed by atoms with van der Waals surface area (Å²) in [4.78, 5) is 28.2. The van der Waals surface area contributed by atoms with Crippen molar-refractivity contribution in [2.75, 3.05) is 21.3 Å². The van der Waals surface area contributed by atoms with Gasteiger partial charge in [0.2, 0.25) is 0 Å². The maximum Gasteiger partial charge on any atom is 0.286 e. The first kappa shape index (κ1) is 23.8. The van der Waals surface area contributed by atoms with Crippen molar-refractivity contribution in [1.82, 2.24) is 10.3 Å². The monoisotopic (exact) mass is 473 g/mol. The number of carbonyl (C=O) groups excluding carboxylic acids is 1. The molecule has 0 saturated carbocycles. The molecule has 0 aliphatic carbocycles. The molecule has 0 aliphatic rings. The fourth-order valence-electron chi connectivity index (χ4n) is 3.14. The van der Waals surface area contributed by atoms with Gasteiger partial charge in [-0.2, -0.15) is 0 Å². The number of amides is 1. The number of rotatable bonds is 10. The summed E-state index contributed by atoms with van der Waals surface area (Å²) in [6, 6.07) is 7.12. The van der Waals surface area contributed by atoms with Crippen molar-refractivity contribution in [2.45, 2.75) is 19.6 Å². The number of nitrogens with one attached hydrogen (secondary N) is 1. The number of nitrogens with zero attached hydrogens (tertiary/aromatic N) is 2. The van der Waals surface area contributed by atoms with Crippen molar-refractivity contribution in [3.05, 3.63) is 68.2 Å². The average molecular weight is 474 g/mol. The summed E-state index contributed by atoms with van der Waals surface area (Å²) in [5, 5.41) is 16.3. The van der Waals surface area contributed by atoms with Gasteiger partial charge >= 0.3 is 0 Å². The minimum atomic E-state index is -0.650. The molecule has 0 bridgehead atoms. The summed E-state index contributed by atoms with van der Waals surface area (Å²) in [5.74, 6) is 0.801. The molecule has 1 aromatic heterocycles. The molecule has 3 rings (SSSR count). The van der Waals surface area contributed by atoms with Gasteiger partial charge in [0.1, 0.15) is 23.7 Å². The van der Waals surface area contributed by atoms with Crippen LogP contribution in [0.3, 0.4) is 0 Å². The zero-order chi connectivity index (χ0) is 24.0. The third kappa shape index (κ3) is 5.50. The van der Waals surface area contributed by atoms with Gasteiger partial charge < -0.3 is 24.3 Å². The molecule has 0 radical (unpaired) electrons. The van der Waals surface area contributed by atoms with Crippen LogP contribution >= 0.6 is 11.3 Å². The molecular weight excluding hydrogens is 450 g/mol. The average Bonchev–Trinajstić information content (AvgIpc) is 3.35. The van der Waals surface area contributed by atoms with Gasteiger partial charge in [0.25, 0.3) is 11.6 Å². The highest BCUT2D eigenvalue weighted by Gasteiger charge is 2.26. The number of thiazole rings is 1. The molecule has 0 spiro atoms. The van der Waals surface area contributed by atoms with E-state index in [2.05, 4.69) is 10.3 Å². The summed E-state index contributed by atoms with van der Waals surface area (Å²) in [7, 11) is 4.44. The van der Waals surface area contributed by atoms with Crippen LogP contribution in [0.25, 0.3) is 0 Å². The Morgan fingerprint density at radius 3 is 2.48 bits per heavy atom. The molecule has 174 valence electrons. The lowest BCUT2D eigenvalue weighted by Crippen LogP contribution is -2.27. The normalized spacial score (nSPS) is 11.4. The van der Waals surface area contributed by atoms with Gasteiger partial charge in [-0.3, -0.25) is 14.9 Å². The number of ether oxygens (including phenoxy) is 4. The van der Waals surface area contributed by atoms with E-state index in [1.165, 1.54) is 44.8 Å². The number of benzene rings is 2. The molecular formula is C22H23N3O7S. The standard InChI is InChI=1S/C22H23N3O7S/c1-13(16-7-15(29-2)5-6-19(16)30-3)24-22(26)17-8-20(31-4)21(9-18(17)25(27)28)32-10-14-11-33-12-23-14/h5-9,11-13H,10H2,1-4H3,(H,24,26). The smallest absolute Gasteiger partial charge is 0.286 e. The highest BCUT2D eigenvalue weighted by Crippen LogP contribution is 2.36. The Labute approximate surface area is 194 Å². The Morgan fingerprint density at radius 2 is 1.88 bits per heavy atom. The van der Waals surface area contributed by atoms with E-state index in [0.29, 0.717) is 22.8 Å². The van der Waals surface area contributed by atoms with E-state index < -0.39 is 22.6 Å². The molecule has 0 fully saturated rings. The van der Waals surface area contributed by atoms with E-state index in [1.54, 1.807) is 36.0 Å². The van der Waals surface area contributed by atoms with E-state index in [4.69, 9.17) is 18.9 Å². The number of carbonyl (C=O) groups is 1. The predicted octanol–water partition coefficient (Wildman–Crippen LogP) is 4.15. The topological polar surface area (TPSA) is 122 Å². The maximum absolute atomic E-state index is 13.0. The zero-order valence-corrected chi connectivity index (χ0v) is 19.3. The lowest BCUT2D eigenvalue weighted by Gasteiger charge is -2.19. The van der Waals surface area contributed by atoms with Crippen molar-refractivity contribution in [1.29, 1.82) is 0 Å². The molecule has 3 aromatic rings. The molecule has 10 nitrogen and oxygen atoms in total. The number of nitro benzene ring substituents is 1. The summed E-state index contributed by atoms with van der Waals surface area (Å²) in [5.41, 5.74) is 2.41. The van der Waals surface area contributed by atoms with E-state index in [0.717, 1.165) is 0 Å². The molecule has 1 N–H and O–H groups in total. The van der Waals surface area contributed by atoms with Gasteiger partial charge in [0.05, 0.1) is 49.6 Å². The minimum Gasteiger partial charge on any atom is -0.497 e. The van der Waals surface area contributed by atoms with Crippen LogP contribution in [-0.4, -0.2) is 37.1 Å². The number of hydrogen-bond acceptors (Lipinski definition) is 9. The second kappa shape index (κ2) is 10.6. The molecule has 2 aromatic carbocycles. The number of methoxy groups -OCH3 is 3. The molecule has 1 heterocycles. The van der Waals surface area contributed by atoms with Crippen molar-refractivity contribution in [3.8, 4) is 23.0 Å². The molecule has 33 heavy (non-hydrogen) atoms. The molecule has 1 atom stereocenters. The van der Waals surface area contributed by atoms with Crippen molar-refractivity contribution < 1.29 is 28.7 Å². The maximum atomic E-state index is 13.0. The Balaban J connectivity index is 1.89. The Morgan fingerprint density at radius 1 is 1.12 bits per heavy atom. The van der Waals surface area contributed by atoms with Crippen molar-refractivity contribution in [2.24, 2.45) is 0 Å². The second-order valence-corrected chi connectivity index (χ2v) is 7.57. The van der Waals surface area contributed by atoms with Crippen LogP contribution in [0.1, 0.15) is 34.6 Å². The van der Waals surface area contributed by atoms with Crippen LogP contribution in [0.2, 0.25) is 0 Å². The van der Waals surface area contributed by atoms with Crippen LogP contribution in [0.4, 0.5) is 5.69 Å². The second-order valence-electron chi connectivity index (χ2n) is 6.85. The first-order chi connectivity index (χ1) is 15.9. The van der Waals surface area contributed by atoms with Crippen molar-refractivity contribution >= 4 is 22.9 Å². The van der Waals surface area contributed by atoms with E-state index in [-0.39, 0.29) is 23.7 Å². The lowest BCUT2D eigenvalue weighted by atomic mass is 10.1. The highest BCUT2D eigenvalue weighted by atomic mass is 32.1. The Hall–Kier alpha value is -3.86. The van der Waals surface area contributed by atoms with Gasteiger partial charge in [-0.25, -0.2) is 4.98 Å². The Bertz CT molecular complexity index is 1140. The van der Waals surface area contributed by atoms with Gasteiger partial charge in [-0.1, -0.05) is 0 Å². The highest BCUT2D eigenvalue weighted by molar-refractivity contribution is 7.07. The largest absolute Gasteiger partial charge is 0.497 e. The van der Waals surface area contributed by atoms with Crippen molar-refractivity contribution in [3.63, 3.8) is 0 Å². The third-order valence-electron chi connectivity index (χ3n) is 4.83.